The van der Waals surface area contributed by atoms with E-state index in [0.29, 0.717) is 50.8 Å². The van der Waals surface area contributed by atoms with Crippen molar-refractivity contribution in [1.29, 1.82) is 0 Å². The van der Waals surface area contributed by atoms with Crippen LogP contribution in [0.15, 0.2) is 51.7 Å². The highest BCUT2D eigenvalue weighted by Gasteiger charge is 2.20. The molecule has 0 bridgehead atoms. The molecule has 0 aliphatic rings. The van der Waals surface area contributed by atoms with Crippen molar-refractivity contribution in [2.24, 2.45) is 0 Å². The molecule has 0 saturated heterocycles. The average Bonchev–Trinajstić information content (AvgIpc) is 2.76. The van der Waals surface area contributed by atoms with E-state index >= 15 is 0 Å². The van der Waals surface area contributed by atoms with Crippen LogP contribution in [0.5, 0.6) is 5.75 Å². The van der Waals surface area contributed by atoms with E-state index in [1.807, 2.05) is 6.26 Å². The van der Waals surface area contributed by atoms with Crippen LogP contribution in [0, 0.1) is 6.92 Å². The SMILES string of the molecule is CSCC[C@H](NC(=O)COc1ccc2c(=O)c(-c3ccc(Cl)cc3)c(C)oc2c1)C(=O)O. The second-order valence-corrected chi connectivity index (χ2v) is 8.48. The maximum atomic E-state index is 13.0. The number of rotatable bonds is 9. The zero-order valence-corrected chi connectivity index (χ0v) is 19.1. The number of carbonyl (C=O) groups excluding carboxylic acids is 1. The summed E-state index contributed by atoms with van der Waals surface area (Å²) in [5.41, 5.74) is 1.29. The molecule has 3 aromatic rings. The summed E-state index contributed by atoms with van der Waals surface area (Å²) in [6.45, 7) is 1.34. The Morgan fingerprint density at radius 2 is 1.94 bits per heavy atom. The molecule has 9 heteroatoms. The molecule has 1 aromatic heterocycles. The Balaban J connectivity index is 1.76. The Hall–Kier alpha value is -2.97. The zero-order valence-electron chi connectivity index (χ0n) is 17.5. The molecule has 0 fully saturated rings. The molecular formula is C23H22ClNO6S. The molecule has 2 N–H and O–H groups in total. The fourth-order valence-corrected chi connectivity index (χ4v) is 3.80. The van der Waals surface area contributed by atoms with Crippen molar-refractivity contribution in [1.82, 2.24) is 5.32 Å². The number of carbonyl (C=O) groups is 2. The predicted molar refractivity (Wildman–Crippen MR) is 126 cm³/mol. The molecule has 168 valence electrons. The number of ether oxygens (including phenoxy) is 1. The first-order chi connectivity index (χ1) is 15.3. The fourth-order valence-electron chi connectivity index (χ4n) is 3.20. The molecule has 32 heavy (non-hydrogen) atoms. The van der Waals surface area contributed by atoms with Gasteiger partial charge in [-0.2, -0.15) is 11.8 Å². The summed E-state index contributed by atoms with van der Waals surface area (Å²) in [5, 5.41) is 12.6. The lowest BCUT2D eigenvalue weighted by Gasteiger charge is -2.14. The molecule has 0 saturated carbocycles. The van der Waals surface area contributed by atoms with E-state index in [2.05, 4.69) is 5.32 Å². The number of carboxylic acid groups (broad SMARTS) is 1. The first-order valence-corrected chi connectivity index (χ1v) is 11.5. The van der Waals surface area contributed by atoms with Gasteiger partial charge in [0.05, 0.1) is 10.9 Å². The van der Waals surface area contributed by atoms with Gasteiger partial charge in [-0.1, -0.05) is 23.7 Å². The molecule has 1 amide bonds. The Kier molecular flexibility index (Phi) is 7.82. The number of hydrogen-bond acceptors (Lipinski definition) is 6. The van der Waals surface area contributed by atoms with E-state index in [0.717, 1.165) is 0 Å². The van der Waals surface area contributed by atoms with Gasteiger partial charge in [0, 0.05) is 11.1 Å². The summed E-state index contributed by atoms with van der Waals surface area (Å²) < 4.78 is 11.3. The quantitative estimate of drug-likeness (QED) is 0.479. The monoisotopic (exact) mass is 475 g/mol. The zero-order chi connectivity index (χ0) is 23.3. The Morgan fingerprint density at radius 3 is 2.59 bits per heavy atom. The van der Waals surface area contributed by atoms with Crippen LogP contribution in [0.25, 0.3) is 22.1 Å². The molecule has 0 radical (unpaired) electrons. The summed E-state index contributed by atoms with van der Waals surface area (Å²) in [7, 11) is 0. The maximum absolute atomic E-state index is 13.0. The van der Waals surface area contributed by atoms with E-state index in [-0.39, 0.29) is 12.0 Å². The molecule has 3 rings (SSSR count). The third-order valence-electron chi connectivity index (χ3n) is 4.79. The van der Waals surface area contributed by atoms with E-state index in [1.54, 1.807) is 43.3 Å². The lowest BCUT2D eigenvalue weighted by atomic mass is 10.0. The maximum Gasteiger partial charge on any atom is 0.326 e. The van der Waals surface area contributed by atoms with Gasteiger partial charge in [-0.3, -0.25) is 9.59 Å². The molecule has 0 unspecified atom stereocenters. The second kappa shape index (κ2) is 10.6. The topological polar surface area (TPSA) is 106 Å². The van der Waals surface area contributed by atoms with E-state index in [4.69, 9.17) is 20.8 Å². The van der Waals surface area contributed by atoms with E-state index in [9.17, 15) is 19.5 Å². The van der Waals surface area contributed by atoms with Gasteiger partial charge in [0.2, 0.25) is 5.43 Å². The predicted octanol–water partition coefficient (Wildman–Crippen LogP) is 4.12. The Bertz CT molecular complexity index is 1190. The normalized spacial score (nSPS) is 11.8. The molecule has 2 aromatic carbocycles. The van der Waals surface area contributed by atoms with Crippen molar-refractivity contribution in [3.63, 3.8) is 0 Å². The minimum absolute atomic E-state index is 0.187. The third-order valence-corrected chi connectivity index (χ3v) is 5.68. The van der Waals surface area contributed by atoms with Crippen LogP contribution in [0.3, 0.4) is 0 Å². The van der Waals surface area contributed by atoms with Gasteiger partial charge in [-0.25, -0.2) is 4.79 Å². The van der Waals surface area contributed by atoms with Crippen LogP contribution in [-0.2, 0) is 9.59 Å². The van der Waals surface area contributed by atoms with E-state index in [1.165, 1.54) is 17.8 Å². The van der Waals surface area contributed by atoms with Gasteiger partial charge >= 0.3 is 5.97 Å². The number of benzene rings is 2. The number of hydrogen-bond donors (Lipinski definition) is 2. The minimum atomic E-state index is -1.09. The smallest absolute Gasteiger partial charge is 0.326 e. The molecule has 7 nitrogen and oxygen atoms in total. The van der Waals surface area contributed by atoms with Gasteiger partial charge < -0.3 is 19.6 Å². The number of aryl methyl sites for hydroxylation is 1. The van der Waals surface area contributed by atoms with Crippen molar-refractivity contribution in [3.05, 3.63) is 63.5 Å². The number of amides is 1. The van der Waals surface area contributed by atoms with Crippen LogP contribution < -0.4 is 15.5 Å². The molecule has 1 heterocycles. The molecular weight excluding hydrogens is 454 g/mol. The fraction of sp³-hybridized carbons (Fsp3) is 0.261. The van der Waals surface area contributed by atoms with Crippen LogP contribution >= 0.6 is 23.4 Å². The van der Waals surface area contributed by atoms with Crippen molar-refractivity contribution >= 4 is 46.2 Å². The van der Waals surface area contributed by atoms with Gasteiger partial charge in [0.1, 0.15) is 23.1 Å². The largest absolute Gasteiger partial charge is 0.484 e. The van der Waals surface area contributed by atoms with Gasteiger partial charge in [0.15, 0.2) is 6.61 Å². The lowest BCUT2D eigenvalue weighted by molar-refractivity contribution is -0.142. The first-order valence-electron chi connectivity index (χ1n) is 9.77. The van der Waals surface area contributed by atoms with E-state index < -0.39 is 17.9 Å². The van der Waals surface area contributed by atoms with Crippen molar-refractivity contribution in [3.8, 4) is 16.9 Å². The van der Waals surface area contributed by atoms with Crippen LogP contribution in [-0.4, -0.2) is 41.6 Å². The van der Waals surface area contributed by atoms with Gasteiger partial charge in [0.25, 0.3) is 5.91 Å². The van der Waals surface area contributed by atoms with Crippen molar-refractivity contribution < 1.29 is 23.8 Å². The lowest BCUT2D eigenvalue weighted by Crippen LogP contribution is -2.43. The number of carboxylic acids is 1. The van der Waals surface area contributed by atoms with Crippen molar-refractivity contribution in [2.45, 2.75) is 19.4 Å². The third kappa shape index (κ3) is 5.63. The standard InChI is InChI=1S/C23H22ClNO6S/c1-13-21(14-3-5-15(24)6-4-14)22(27)17-8-7-16(11-19(17)31-13)30-12-20(26)25-18(23(28)29)9-10-32-2/h3-8,11,18H,9-10,12H2,1-2H3,(H,25,26)(H,28,29)/t18-/m0/s1. The average molecular weight is 476 g/mol. The molecule has 0 aliphatic heterocycles. The van der Waals surface area contributed by atoms with Crippen LogP contribution in [0.1, 0.15) is 12.2 Å². The number of fused-ring (bicyclic) bond motifs is 1. The Labute approximate surface area is 193 Å². The molecule has 1 atom stereocenters. The summed E-state index contributed by atoms with van der Waals surface area (Å²) >= 11 is 7.44. The summed E-state index contributed by atoms with van der Waals surface area (Å²) in [6.07, 6.45) is 2.18. The molecule has 0 aliphatic carbocycles. The summed E-state index contributed by atoms with van der Waals surface area (Å²) in [5.74, 6) is -0.261. The van der Waals surface area contributed by atoms with Crippen molar-refractivity contribution in [2.75, 3.05) is 18.6 Å². The number of aliphatic carboxylic acids is 1. The number of halogens is 1. The number of nitrogens with one attached hydrogen (secondary N) is 1. The highest BCUT2D eigenvalue weighted by Crippen LogP contribution is 2.27. The Morgan fingerprint density at radius 1 is 1.22 bits per heavy atom. The van der Waals surface area contributed by atoms with Gasteiger partial charge in [-0.15, -0.1) is 0 Å². The second-order valence-electron chi connectivity index (χ2n) is 7.06. The highest BCUT2D eigenvalue weighted by atomic mass is 35.5. The molecule has 0 spiro atoms. The minimum Gasteiger partial charge on any atom is -0.484 e. The van der Waals surface area contributed by atoms with Gasteiger partial charge in [-0.05, 0) is 55.2 Å². The summed E-state index contributed by atoms with van der Waals surface area (Å²) in [6, 6.07) is 10.6. The summed E-state index contributed by atoms with van der Waals surface area (Å²) in [4.78, 5) is 36.4. The number of thioether (sulfide) groups is 1. The van der Waals surface area contributed by atoms with Crippen LogP contribution in [0.4, 0.5) is 0 Å². The highest BCUT2D eigenvalue weighted by molar-refractivity contribution is 7.98. The first kappa shape index (κ1) is 23.7. The van der Waals surface area contributed by atoms with Crippen LogP contribution in [0.2, 0.25) is 5.02 Å².